The van der Waals surface area contributed by atoms with Crippen molar-refractivity contribution in [2.45, 2.75) is 26.4 Å². The van der Waals surface area contributed by atoms with E-state index in [1.165, 1.54) is 25.1 Å². The van der Waals surface area contributed by atoms with Crippen molar-refractivity contribution in [3.63, 3.8) is 0 Å². The monoisotopic (exact) mass is 292 g/mol. The fourth-order valence-electron chi connectivity index (χ4n) is 1.94. The number of amides is 1. The van der Waals surface area contributed by atoms with Crippen molar-refractivity contribution in [2.75, 3.05) is 5.32 Å². The Morgan fingerprint density at radius 1 is 1.43 bits per heavy atom. The number of rotatable bonds is 5. The Balaban J connectivity index is 1.97. The molecule has 0 aromatic heterocycles. The highest BCUT2D eigenvalue weighted by atomic mass is 16.6. The molecule has 1 aliphatic rings. The van der Waals surface area contributed by atoms with E-state index < -0.39 is 22.9 Å². The third kappa shape index (κ3) is 3.56. The summed E-state index contributed by atoms with van der Waals surface area (Å²) in [6, 6.07) is 5.79. The molecule has 1 N–H and O–H groups in total. The molecule has 0 radical (unpaired) electrons. The zero-order valence-corrected chi connectivity index (χ0v) is 11.7. The minimum Gasteiger partial charge on any atom is -0.452 e. The molecular formula is C14H16N2O5. The summed E-state index contributed by atoms with van der Waals surface area (Å²) in [6.07, 6.45) is -0.220. The van der Waals surface area contributed by atoms with Gasteiger partial charge >= 0.3 is 5.97 Å². The maximum absolute atomic E-state index is 11.9. The van der Waals surface area contributed by atoms with Gasteiger partial charge in [0.1, 0.15) is 5.69 Å². The number of nitro benzene ring substituents is 1. The molecule has 2 rings (SSSR count). The molecule has 21 heavy (non-hydrogen) atoms. The topological polar surface area (TPSA) is 98.5 Å². The zero-order chi connectivity index (χ0) is 15.6. The second-order valence-electron chi connectivity index (χ2n) is 5.16. The average molecular weight is 292 g/mol. The number of esters is 1. The Morgan fingerprint density at radius 3 is 2.62 bits per heavy atom. The van der Waals surface area contributed by atoms with Crippen LogP contribution in [0, 0.1) is 22.0 Å². The lowest BCUT2D eigenvalue weighted by molar-refractivity contribution is -0.383. The number of benzene rings is 1. The number of hydrogen-bond acceptors (Lipinski definition) is 5. The lowest BCUT2D eigenvalue weighted by atomic mass is 10.2. The van der Waals surface area contributed by atoms with Crippen LogP contribution in [-0.4, -0.2) is 22.9 Å². The smallest absolute Gasteiger partial charge is 0.309 e. The summed E-state index contributed by atoms with van der Waals surface area (Å²) in [6.45, 7) is 3.37. The first kappa shape index (κ1) is 15.0. The Morgan fingerprint density at radius 2 is 2.05 bits per heavy atom. The molecule has 7 heteroatoms. The molecule has 0 bridgehead atoms. The van der Waals surface area contributed by atoms with Crippen LogP contribution >= 0.6 is 0 Å². The fourth-order valence-corrected chi connectivity index (χ4v) is 1.94. The number of carbonyl (C=O) groups is 2. The van der Waals surface area contributed by atoms with Gasteiger partial charge in [0.25, 0.3) is 11.6 Å². The van der Waals surface area contributed by atoms with E-state index in [0.29, 0.717) is 5.92 Å². The molecule has 0 heterocycles. The van der Waals surface area contributed by atoms with E-state index in [2.05, 4.69) is 5.32 Å². The molecule has 1 amide bonds. The molecule has 112 valence electrons. The summed E-state index contributed by atoms with van der Waals surface area (Å²) < 4.78 is 5.06. The van der Waals surface area contributed by atoms with E-state index >= 15 is 0 Å². The van der Waals surface area contributed by atoms with Crippen molar-refractivity contribution in [2.24, 2.45) is 11.8 Å². The Labute approximate surface area is 121 Å². The van der Waals surface area contributed by atoms with Crippen LogP contribution in [0.1, 0.15) is 20.3 Å². The van der Waals surface area contributed by atoms with E-state index in [0.717, 1.165) is 6.42 Å². The van der Waals surface area contributed by atoms with Gasteiger partial charge in [0.15, 0.2) is 6.10 Å². The van der Waals surface area contributed by atoms with E-state index in [-0.39, 0.29) is 17.3 Å². The maximum Gasteiger partial charge on any atom is 0.309 e. The molecule has 0 spiro atoms. The van der Waals surface area contributed by atoms with Crippen molar-refractivity contribution in [1.29, 1.82) is 0 Å². The molecule has 1 aromatic rings. The minimum atomic E-state index is -0.995. The van der Waals surface area contributed by atoms with Gasteiger partial charge in [-0.25, -0.2) is 0 Å². The molecule has 7 nitrogen and oxygen atoms in total. The van der Waals surface area contributed by atoms with Crippen molar-refractivity contribution in [3.05, 3.63) is 34.4 Å². The summed E-state index contributed by atoms with van der Waals surface area (Å²) in [5.41, 5.74) is -0.129. The molecule has 3 atom stereocenters. The van der Waals surface area contributed by atoms with Crippen LogP contribution in [-0.2, 0) is 14.3 Å². The first-order valence-electron chi connectivity index (χ1n) is 6.65. The first-order valence-corrected chi connectivity index (χ1v) is 6.65. The third-order valence-corrected chi connectivity index (χ3v) is 3.43. The van der Waals surface area contributed by atoms with Gasteiger partial charge in [0.05, 0.1) is 10.8 Å². The highest BCUT2D eigenvalue weighted by Gasteiger charge is 2.41. The second kappa shape index (κ2) is 5.90. The van der Waals surface area contributed by atoms with Crippen LogP contribution in [0.3, 0.4) is 0 Å². The fraction of sp³-hybridized carbons (Fsp3) is 0.429. The van der Waals surface area contributed by atoms with E-state index in [9.17, 15) is 19.7 Å². The van der Waals surface area contributed by atoms with Gasteiger partial charge in [-0.2, -0.15) is 0 Å². The van der Waals surface area contributed by atoms with Crippen molar-refractivity contribution < 1.29 is 19.2 Å². The molecule has 1 aliphatic carbocycles. The summed E-state index contributed by atoms with van der Waals surface area (Å²) in [4.78, 5) is 33.9. The number of para-hydroxylation sites is 2. The highest BCUT2D eigenvalue weighted by Crippen LogP contribution is 2.38. The summed E-state index contributed by atoms with van der Waals surface area (Å²) in [5, 5.41) is 13.3. The van der Waals surface area contributed by atoms with Crippen LogP contribution < -0.4 is 5.32 Å². The number of nitro groups is 1. The maximum atomic E-state index is 11.9. The first-order chi connectivity index (χ1) is 9.90. The predicted octanol–water partition coefficient (Wildman–Crippen LogP) is 2.12. The molecule has 1 fully saturated rings. The van der Waals surface area contributed by atoms with E-state index in [1.54, 1.807) is 6.07 Å². The van der Waals surface area contributed by atoms with Crippen LogP contribution in [0.5, 0.6) is 0 Å². The molecule has 0 aliphatic heterocycles. The van der Waals surface area contributed by atoms with E-state index in [1.807, 2.05) is 6.92 Å². The number of ether oxygens (including phenoxy) is 1. The standard InChI is InChI=1S/C14H16N2O5/c1-8-7-10(8)14(18)21-9(2)13(17)15-11-5-3-4-6-12(11)16(19)20/h3-6,8-10H,7H2,1-2H3,(H,15,17)/t8-,9-,10+/m0/s1. The van der Waals surface area contributed by atoms with E-state index in [4.69, 9.17) is 4.74 Å². The third-order valence-electron chi connectivity index (χ3n) is 3.43. The predicted molar refractivity (Wildman–Crippen MR) is 74.6 cm³/mol. The van der Waals surface area contributed by atoms with Gasteiger partial charge in [-0.05, 0) is 25.3 Å². The zero-order valence-electron chi connectivity index (χ0n) is 11.7. The van der Waals surface area contributed by atoms with Gasteiger partial charge in [-0.1, -0.05) is 19.1 Å². The Bertz CT molecular complexity index is 586. The van der Waals surface area contributed by atoms with Crippen LogP contribution in [0.4, 0.5) is 11.4 Å². The molecule has 0 unspecified atom stereocenters. The van der Waals surface area contributed by atoms with Crippen molar-refractivity contribution in [1.82, 2.24) is 0 Å². The van der Waals surface area contributed by atoms with Crippen LogP contribution in [0.2, 0.25) is 0 Å². The lowest BCUT2D eigenvalue weighted by Gasteiger charge is -2.13. The van der Waals surface area contributed by atoms with Crippen molar-refractivity contribution in [3.8, 4) is 0 Å². The molecular weight excluding hydrogens is 276 g/mol. The highest BCUT2D eigenvalue weighted by molar-refractivity contribution is 5.97. The Kier molecular flexibility index (Phi) is 4.21. The summed E-state index contributed by atoms with van der Waals surface area (Å²) >= 11 is 0. The van der Waals surface area contributed by atoms with Gasteiger partial charge in [0.2, 0.25) is 0 Å². The van der Waals surface area contributed by atoms with Gasteiger partial charge < -0.3 is 10.1 Å². The number of anilines is 1. The number of nitrogens with one attached hydrogen (secondary N) is 1. The number of carbonyl (C=O) groups excluding carboxylic acids is 2. The second-order valence-corrected chi connectivity index (χ2v) is 5.16. The normalized spacial score (nSPS) is 21.2. The van der Waals surface area contributed by atoms with Crippen molar-refractivity contribution >= 4 is 23.3 Å². The van der Waals surface area contributed by atoms with Gasteiger partial charge in [-0.3, -0.25) is 19.7 Å². The molecule has 1 saturated carbocycles. The quantitative estimate of drug-likeness (QED) is 0.509. The summed E-state index contributed by atoms with van der Waals surface area (Å²) in [7, 11) is 0. The largest absolute Gasteiger partial charge is 0.452 e. The van der Waals surface area contributed by atoms with Crippen LogP contribution in [0.25, 0.3) is 0 Å². The Hall–Kier alpha value is -2.44. The number of hydrogen-bond donors (Lipinski definition) is 1. The minimum absolute atomic E-state index is 0.0789. The number of nitrogens with zero attached hydrogens (tertiary/aromatic N) is 1. The lowest BCUT2D eigenvalue weighted by Crippen LogP contribution is -2.30. The summed E-state index contributed by atoms with van der Waals surface area (Å²) in [5.74, 6) is -0.826. The SMILES string of the molecule is C[C@H](OC(=O)[C@@H]1C[C@@H]1C)C(=O)Nc1ccccc1[N+](=O)[O-]. The molecule has 1 aromatic carbocycles. The molecule has 0 saturated heterocycles. The van der Waals surface area contributed by atoms with Gasteiger partial charge in [0, 0.05) is 6.07 Å². The average Bonchev–Trinajstić information content (AvgIpc) is 3.16. The van der Waals surface area contributed by atoms with Gasteiger partial charge in [-0.15, -0.1) is 0 Å². The van der Waals surface area contributed by atoms with Crippen LogP contribution in [0.15, 0.2) is 24.3 Å².